The average molecular weight is 555 g/mol. The SMILES string of the molecule is CCC(=O)c1cnc(Nc2ccc(CN(C)C)c(C(F)(F)F)n2)cc1Nc1cccc(-c2ncn(C)n2)c1OC. The van der Waals surface area contributed by atoms with E-state index in [1.54, 1.807) is 62.2 Å². The number of hydrogen-bond donors (Lipinski definition) is 2. The number of aromatic nitrogens is 5. The molecule has 0 saturated heterocycles. The molecule has 0 saturated carbocycles. The molecule has 3 heterocycles. The molecule has 210 valence electrons. The molecule has 4 aromatic rings. The number of methoxy groups -OCH3 is 1. The number of halogens is 3. The molecule has 1 aromatic carbocycles. The van der Waals surface area contributed by atoms with Crippen LogP contribution in [0.4, 0.5) is 36.2 Å². The van der Waals surface area contributed by atoms with Crippen LogP contribution in [0.15, 0.2) is 48.9 Å². The monoisotopic (exact) mass is 554 g/mol. The molecular weight excluding hydrogens is 525 g/mol. The Morgan fingerprint density at radius 1 is 1.07 bits per heavy atom. The number of Topliss-reactive ketones (excluding diaryl/α,β-unsaturated/α-hetero) is 1. The summed E-state index contributed by atoms with van der Waals surface area (Å²) in [6.07, 6.45) is -1.47. The first-order chi connectivity index (χ1) is 19.0. The number of para-hydroxylation sites is 1. The number of ether oxygens (including phenoxy) is 1. The number of ketones is 1. The second-order valence-corrected chi connectivity index (χ2v) is 9.21. The maximum absolute atomic E-state index is 13.7. The molecule has 0 fully saturated rings. The van der Waals surface area contributed by atoms with Gasteiger partial charge in [-0.05, 0) is 37.9 Å². The smallest absolute Gasteiger partial charge is 0.433 e. The molecule has 0 bridgehead atoms. The molecule has 0 aliphatic heterocycles. The van der Waals surface area contributed by atoms with E-state index in [4.69, 9.17) is 4.74 Å². The van der Waals surface area contributed by atoms with E-state index in [9.17, 15) is 18.0 Å². The van der Waals surface area contributed by atoms with Gasteiger partial charge in [-0.25, -0.2) is 15.0 Å². The Balaban J connectivity index is 1.72. The number of pyridine rings is 2. The van der Waals surface area contributed by atoms with Gasteiger partial charge in [0.15, 0.2) is 23.1 Å². The van der Waals surface area contributed by atoms with E-state index < -0.39 is 11.9 Å². The normalized spacial score (nSPS) is 11.5. The lowest BCUT2D eigenvalue weighted by Gasteiger charge is -2.18. The number of rotatable bonds is 10. The minimum atomic E-state index is -4.63. The summed E-state index contributed by atoms with van der Waals surface area (Å²) in [6, 6.07) is 9.74. The summed E-state index contributed by atoms with van der Waals surface area (Å²) in [4.78, 5) is 26.7. The standard InChI is InChI=1S/C27H29F3N8O2/c1-6-21(39)18-13-31-23(34-22-11-10-16(14-37(2)3)25(35-22)27(28,29)30)12-20(18)33-19-9-7-8-17(24(19)40-5)26-32-15-38(4)36-26/h7-13,15H,6,14H2,1-5H3,(H2,31,33,34,35). The zero-order valence-corrected chi connectivity index (χ0v) is 22.7. The van der Waals surface area contributed by atoms with Gasteiger partial charge in [0.05, 0.1) is 29.6 Å². The third kappa shape index (κ3) is 6.37. The number of carbonyl (C=O) groups excluding carboxylic acids is 1. The molecule has 4 rings (SSSR count). The molecule has 0 unspecified atom stereocenters. The molecule has 2 N–H and O–H groups in total. The number of aryl methyl sites for hydroxylation is 1. The van der Waals surface area contributed by atoms with Crippen molar-refractivity contribution in [1.82, 2.24) is 29.6 Å². The zero-order valence-electron chi connectivity index (χ0n) is 22.7. The molecule has 0 radical (unpaired) electrons. The average Bonchev–Trinajstić information content (AvgIpc) is 3.34. The zero-order chi connectivity index (χ0) is 29.0. The highest BCUT2D eigenvalue weighted by atomic mass is 19.4. The van der Waals surface area contributed by atoms with E-state index in [0.717, 1.165) is 0 Å². The van der Waals surface area contributed by atoms with Crippen LogP contribution >= 0.6 is 0 Å². The Morgan fingerprint density at radius 3 is 2.48 bits per heavy atom. The number of hydrogen-bond acceptors (Lipinski definition) is 9. The Labute approximate surface area is 229 Å². The van der Waals surface area contributed by atoms with Crippen molar-refractivity contribution in [3.63, 3.8) is 0 Å². The van der Waals surface area contributed by atoms with Gasteiger partial charge in [0.2, 0.25) is 0 Å². The highest BCUT2D eigenvalue weighted by Gasteiger charge is 2.35. The van der Waals surface area contributed by atoms with Gasteiger partial charge in [-0.15, -0.1) is 0 Å². The Bertz CT molecular complexity index is 1520. The lowest BCUT2D eigenvalue weighted by atomic mass is 10.1. The van der Waals surface area contributed by atoms with Gasteiger partial charge in [0, 0.05) is 32.3 Å². The van der Waals surface area contributed by atoms with E-state index in [2.05, 4.69) is 30.7 Å². The maximum Gasteiger partial charge on any atom is 0.433 e. The largest absolute Gasteiger partial charge is 0.494 e. The van der Waals surface area contributed by atoms with Crippen LogP contribution in [0.2, 0.25) is 0 Å². The Morgan fingerprint density at radius 2 is 1.85 bits per heavy atom. The van der Waals surface area contributed by atoms with Gasteiger partial charge >= 0.3 is 6.18 Å². The fourth-order valence-electron chi connectivity index (χ4n) is 4.08. The van der Waals surface area contributed by atoms with Crippen molar-refractivity contribution in [3.05, 3.63) is 65.7 Å². The van der Waals surface area contributed by atoms with Crippen LogP contribution in [0.25, 0.3) is 11.4 Å². The van der Waals surface area contributed by atoms with Gasteiger partial charge in [-0.3, -0.25) is 9.48 Å². The highest BCUT2D eigenvalue weighted by molar-refractivity contribution is 6.02. The second kappa shape index (κ2) is 11.7. The number of anilines is 4. The molecule has 0 aliphatic carbocycles. The lowest BCUT2D eigenvalue weighted by Crippen LogP contribution is -2.18. The first-order valence-corrected chi connectivity index (χ1v) is 12.3. The number of nitrogens with zero attached hydrogens (tertiary/aromatic N) is 6. The Hall–Kier alpha value is -4.52. The van der Waals surface area contributed by atoms with Crippen molar-refractivity contribution in [3.8, 4) is 17.1 Å². The molecule has 3 aromatic heterocycles. The van der Waals surface area contributed by atoms with E-state index in [1.807, 2.05) is 0 Å². The molecular formula is C27H29F3N8O2. The van der Waals surface area contributed by atoms with Gasteiger partial charge < -0.3 is 20.3 Å². The maximum atomic E-state index is 13.7. The number of carbonyl (C=O) groups is 1. The fourth-order valence-corrected chi connectivity index (χ4v) is 4.08. The molecule has 0 spiro atoms. The molecule has 0 aliphatic rings. The van der Waals surface area contributed by atoms with Crippen LogP contribution in [-0.4, -0.2) is 56.6 Å². The third-order valence-electron chi connectivity index (χ3n) is 5.84. The summed E-state index contributed by atoms with van der Waals surface area (Å²) in [7, 11) is 6.62. The minimum absolute atomic E-state index is 0.0383. The molecule has 0 amide bonds. The van der Waals surface area contributed by atoms with Crippen LogP contribution in [0.5, 0.6) is 5.75 Å². The molecule has 10 nitrogen and oxygen atoms in total. The number of alkyl halides is 3. The van der Waals surface area contributed by atoms with E-state index in [1.165, 1.54) is 31.5 Å². The molecule has 0 atom stereocenters. The Kier molecular flexibility index (Phi) is 8.33. The van der Waals surface area contributed by atoms with E-state index in [0.29, 0.717) is 34.1 Å². The second-order valence-electron chi connectivity index (χ2n) is 9.21. The van der Waals surface area contributed by atoms with Gasteiger partial charge in [0.25, 0.3) is 0 Å². The summed E-state index contributed by atoms with van der Waals surface area (Å²) in [5, 5.41) is 10.4. The van der Waals surface area contributed by atoms with Crippen LogP contribution in [0.1, 0.15) is 35.0 Å². The summed E-state index contributed by atoms with van der Waals surface area (Å²) in [5.41, 5.74) is 0.922. The van der Waals surface area contributed by atoms with Crippen LogP contribution in [0, 0.1) is 0 Å². The summed E-state index contributed by atoms with van der Waals surface area (Å²) >= 11 is 0. The van der Waals surface area contributed by atoms with Crippen LogP contribution in [-0.2, 0) is 19.8 Å². The third-order valence-corrected chi connectivity index (χ3v) is 5.84. The predicted molar refractivity (Wildman–Crippen MR) is 145 cm³/mol. The quantitative estimate of drug-likeness (QED) is 0.248. The fraction of sp³-hybridized carbons (Fsp3) is 0.296. The van der Waals surface area contributed by atoms with E-state index >= 15 is 0 Å². The lowest BCUT2D eigenvalue weighted by molar-refractivity contribution is -0.141. The first kappa shape index (κ1) is 28.5. The van der Waals surface area contributed by atoms with Gasteiger partial charge in [-0.1, -0.05) is 19.1 Å². The van der Waals surface area contributed by atoms with Crippen molar-refractivity contribution < 1.29 is 22.7 Å². The molecule has 40 heavy (non-hydrogen) atoms. The van der Waals surface area contributed by atoms with Crippen LogP contribution < -0.4 is 15.4 Å². The topological polar surface area (TPSA) is 110 Å². The van der Waals surface area contributed by atoms with E-state index in [-0.39, 0.29) is 35.9 Å². The van der Waals surface area contributed by atoms with Crippen molar-refractivity contribution >= 4 is 28.8 Å². The number of nitrogens with one attached hydrogen (secondary N) is 2. The van der Waals surface area contributed by atoms with Gasteiger partial charge in [0.1, 0.15) is 18.0 Å². The summed E-state index contributed by atoms with van der Waals surface area (Å²) in [5.74, 6) is 0.881. The predicted octanol–water partition coefficient (Wildman–Crippen LogP) is 5.44. The van der Waals surface area contributed by atoms with Crippen molar-refractivity contribution in [1.29, 1.82) is 0 Å². The van der Waals surface area contributed by atoms with Crippen LogP contribution in [0.3, 0.4) is 0 Å². The van der Waals surface area contributed by atoms with Gasteiger partial charge in [-0.2, -0.15) is 18.3 Å². The van der Waals surface area contributed by atoms with Crippen molar-refractivity contribution in [2.24, 2.45) is 7.05 Å². The number of benzene rings is 1. The van der Waals surface area contributed by atoms with Crippen molar-refractivity contribution in [2.75, 3.05) is 31.8 Å². The van der Waals surface area contributed by atoms with Crippen molar-refractivity contribution in [2.45, 2.75) is 26.1 Å². The highest BCUT2D eigenvalue weighted by Crippen LogP contribution is 2.38. The first-order valence-electron chi connectivity index (χ1n) is 12.3. The molecule has 13 heteroatoms. The minimum Gasteiger partial charge on any atom is -0.494 e. The summed E-state index contributed by atoms with van der Waals surface area (Å²) in [6.45, 7) is 1.81. The summed E-state index contributed by atoms with van der Waals surface area (Å²) < 4.78 is 48.4.